The van der Waals surface area contributed by atoms with Crippen molar-refractivity contribution in [2.75, 3.05) is 18.6 Å². The number of nitrogens with zero attached hydrogens (tertiary/aromatic N) is 1. The van der Waals surface area contributed by atoms with Gasteiger partial charge in [-0.1, -0.05) is 12.1 Å². The van der Waals surface area contributed by atoms with Gasteiger partial charge in [0.1, 0.15) is 11.9 Å². The Labute approximate surface area is 153 Å². The van der Waals surface area contributed by atoms with Gasteiger partial charge in [0.2, 0.25) is 5.91 Å². The second kappa shape index (κ2) is 7.60. The molecule has 0 aromatic heterocycles. The molecule has 1 atom stereocenters. The van der Waals surface area contributed by atoms with Crippen molar-refractivity contribution < 1.29 is 19.1 Å². The number of rotatable bonds is 5. The summed E-state index contributed by atoms with van der Waals surface area (Å²) in [5.41, 5.74) is 3.28. The number of esters is 1. The predicted molar refractivity (Wildman–Crippen MR) is 99.6 cm³/mol. The number of carbonyl (C=O) groups excluding carboxylic acids is 2. The third kappa shape index (κ3) is 3.72. The largest absolute Gasteiger partial charge is 0.486 e. The van der Waals surface area contributed by atoms with Crippen molar-refractivity contribution >= 4 is 17.6 Å². The molecule has 3 rings (SSSR count). The van der Waals surface area contributed by atoms with Crippen LogP contribution in [0.1, 0.15) is 47.4 Å². The summed E-state index contributed by atoms with van der Waals surface area (Å²) in [5, 5.41) is 0. The van der Waals surface area contributed by atoms with E-state index in [-0.39, 0.29) is 18.0 Å². The minimum atomic E-state index is -0.366. The van der Waals surface area contributed by atoms with Crippen molar-refractivity contribution in [2.45, 2.75) is 32.8 Å². The maximum atomic E-state index is 11.9. The van der Waals surface area contributed by atoms with Crippen LogP contribution in [0.5, 0.6) is 5.75 Å². The molecule has 0 saturated carbocycles. The summed E-state index contributed by atoms with van der Waals surface area (Å²) in [6.07, 6.45) is 1.30. The Morgan fingerprint density at radius 1 is 1.19 bits per heavy atom. The Balaban J connectivity index is 1.76. The number of benzene rings is 2. The van der Waals surface area contributed by atoms with Crippen LogP contribution in [0.4, 0.5) is 5.69 Å². The van der Waals surface area contributed by atoms with Crippen LogP contribution in [0, 0.1) is 6.92 Å². The number of anilines is 1. The Morgan fingerprint density at radius 2 is 2.00 bits per heavy atom. The molecule has 0 radical (unpaired) electrons. The summed E-state index contributed by atoms with van der Waals surface area (Å²) in [6, 6.07) is 13.0. The fraction of sp³-hybridized carbons (Fsp3) is 0.333. The highest BCUT2D eigenvalue weighted by Crippen LogP contribution is 2.30. The first-order valence-corrected chi connectivity index (χ1v) is 8.75. The SMILES string of the molecule is COC(=O)c1cccc(C(C)Oc2ccc(N3CCCC3=O)cc2C)c1. The van der Waals surface area contributed by atoms with Crippen molar-refractivity contribution in [3.05, 3.63) is 59.2 Å². The molecule has 1 aliphatic rings. The summed E-state index contributed by atoms with van der Waals surface area (Å²) < 4.78 is 10.9. The van der Waals surface area contributed by atoms with Crippen molar-refractivity contribution in [2.24, 2.45) is 0 Å². The van der Waals surface area contributed by atoms with Gasteiger partial charge in [0.25, 0.3) is 0 Å². The summed E-state index contributed by atoms with van der Waals surface area (Å²) >= 11 is 0. The molecule has 5 heteroatoms. The molecule has 1 amide bonds. The highest BCUT2D eigenvalue weighted by molar-refractivity contribution is 5.95. The molecule has 0 aliphatic carbocycles. The molecule has 5 nitrogen and oxygen atoms in total. The lowest BCUT2D eigenvalue weighted by molar-refractivity contribution is -0.117. The number of carbonyl (C=O) groups is 2. The van der Waals surface area contributed by atoms with E-state index in [1.165, 1.54) is 7.11 Å². The molecule has 2 aromatic rings. The molecule has 1 unspecified atom stereocenters. The number of methoxy groups -OCH3 is 1. The Bertz CT molecular complexity index is 831. The molecule has 0 spiro atoms. The van der Waals surface area contributed by atoms with Gasteiger partial charge in [0, 0.05) is 18.7 Å². The zero-order valence-corrected chi connectivity index (χ0v) is 15.3. The van der Waals surface area contributed by atoms with Gasteiger partial charge in [0.05, 0.1) is 12.7 Å². The molecule has 1 saturated heterocycles. The molecule has 2 aromatic carbocycles. The van der Waals surface area contributed by atoms with Gasteiger partial charge < -0.3 is 14.4 Å². The maximum Gasteiger partial charge on any atom is 0.337 e. The highest BCUT2D eigenvalue weighted by atomic mass is 16.5. The molecular weight excluding hydrogens is 330 g/mol. The second-order valence-corrected chi connectivity index (χ2v) is 6.48. The zero-order chi connectivity index (χ0) is 18.7. The van der Waals surface area contributed by atoms with E-state index in [9.17, 15) is 9.59 Å². The number of aryl methyl sites for hydroxylation is 1. The molecule has 0 bridgehead atoms. The molecule has 1 aliphatic heterocycles. The Hall–Kier alpha value is -2.82. The lowest BCUT2D eigenvalue weighted by atomic mass is 10.1. The third-order valence-electron chi connectivity index (χ3n) is 4.62. The Morgan fingerprint density at radius 3 is 2.65 bits per heavy atom. The maximum absolute atomic E-state index is 11.9. The first-order chi connectivity index (χ1) is 12.5. The first-order valence-electron chi connectivity index (χ1n) is 8.75. The summed E-state index contributed by atoms with van der Waals surface area (Å²) in [7, 11) is 1.37. The number of amides is 1. The van der Waals surface area contributed by atoms with E-state index in [1.807, 2.05) is 49.1 Å². The van der Waals surface area contributed by atoms with E-state index in [0.717, 1.165) is 35.5 Å². The minimum absolute atomic E-state index is 0.172. The molecule has 1 fully saturated rings. The number of hydrogen-bond acceptors (Lipinski definition) is 4. The highest BCUT2D eigenvalue weighted by Gasteiger charge is 2.22. The lowest BCUT2D eigenvalue weighted by Gasteiger charge is -2.20. The molecule has 26 heavy (non-hydrogen) atoms. The Kier molecular flexibility index (Phi) is 5.26. The van der Waals surface area contributed by atoms with Crippen LogP contribution in [0.25, 0.3) is 0 Å². The first kappa shape index (κ1) is 18.0. The van der Waals surface area contributed by atoms with Crippen LogP contribution in [-0.2, 0) is 9.53 Å². The standard InChI is InChI=1S/C21H23NO4/c1-14-12-18(22-11-5-8-20(22)23)9-10-19(14)26-15(2)16-6-4-7-17(13-16)21(24)25-3/h4,6-7,9-10,12-13,15H,5,8,11H2,1-3H3. The second-order valence-electron chi connectivity index (χ2n) is 6.48. The van der Waals surface area contributed by atoms with Crippen molar-refractivity contribution in [1.29, 1.82) is 0 Å². The summed E-state index contributed by atoms with van der Waals surface area (Å²) in [4.78, 5) is 25.4. The van der Waals surface area contributed by atoms with Crippen LogP contribution >= 0.6 is 0 Å². The minimum Gasteiger partial charge on any atom is -0.486 e. The van der Waals surface area contributed by atoms with Crippen molar-refractivity contribution in [3.63, 3.8) is 0 Å². The van der Waals surface area contributed by atoms with Gasteiger partial charge in [-0.15, -0.1) is 0 Å². The topological polar surface area (TPSA) is 55.8 Å². The monoisotopic (exact) mass is 353 g/mol. The van der Waals surface area contributed by atoms with Crippen LogP contribution in [0.2, 0.25) is 0 Å². The smallest absolute Gasteiger partial charge is 0.337 e. The van der Waals surface area contributed by atoms with Crippen molar-refractivity contribution in [3.8, 4) is 5.75 Å². The van der Waals surface area contributed by atoms with Crippen LogP contribution in [0.3, 0.4) is 0 Å². The van der Waals surface area contributed by atoms with Gasteiger partial charge >= 0.3 is 5.97 Å². The average Bonchev–Trinajstić information content (AvgIpc) is 3.08. The van der Waals surface area contributed by atoms with E-state index >= 15 is 0 Å². The lowest BCUT2D eigenvalue weighted by Crippen LogP contribution is -2.23. The molecule has 136 valence electrons. The summed E-state index contributed by atoms with van der Waals surface area (Å²) in [5.74, 6) is 0.567. The van der Waals surface area contributed by atoms with Gasteiger partial charge in [-0.3, -0.25) is 4.79 Å². The van der Waals surface area contributed by atoms with E-state index in [2.05, 4.69) is 0 Å². The average molecular weight is 353 g/mol. The zero-order valence-electron chi connectivity index (χ0n) is 15.3. The van der Waals surface area contributed by atoms with E-state index < -0.39 is 0 Å². The number of ether oxygens (including phenoxy) is 2. The normalized spacial score (nSPS) is 15.0. The van der Waals surface area contributed by atoms with Crippen LogP contribution < -0.4 is 9.64 Å². The van der Waals surface area contributed by atoms with Gasteiger partial charge in [0.15, 0.2) is 0 Å². The van der Waals surface area contributed by atoms with Gasteiger partial charge in [-0.05, 0) is 61.7 Å². The van der Waals surface area contributed by atoms with E-state index in [4.69, 9.17) is 9.47 Å². The fourth-order valence-electron chi connectivity index (χ4n) is 3.15. The quantitative estimate of drug-likeness (QED) is 0.761. The molecular formula is C21H23NO4. The third-order valence-corrected chi connectivity index (χ3v) is 4.62. The van der Waals surface area contributed by atoms with Crippen LogP contribution in [-0.4, -0.2) is 25.5 Å². The van der Waals surface area contributed by atoms with Crippen LogP contribution in [0.15, 0.2) is 42.5 Å². The van der Waals surface area contributed by atoms with Gasteiger partial charge in [-0.2, -0.15) is 0 Å². The fourth-order valence-corrected chi connectivity index (χ4v) is 3.15. The van der Waals surface area contributed by atoms with E-state index in [1.54, 1.807) is 12.1 Å². The van der Waals surface area contributed by atoms with Gasteiger partial charge in [-0.25, -0.2) is 4.79 Å². The number of hydrogen-bond donors (Lipinski definition) is 0. The summed E-state index contributed by atoms with van der Waals surface area (Å²) in [6.45, 7) is 4.68. The molecule has 0 N–H and O–H groups in total. The van der Waals surface area contributed by atoms with E-state index in [0.29, 0.717) is 12.0 Å². The molecule has 1 heterocycles. The predicted octanol–water partition coefficient (Wildman–Crippen LogP) is 4.05. The van der Waals surface area contributed by atoms with Crippen molar-refractivity contribution in [1.82, 2.24) is 0 Å².